The van der Waals surface area contributed by atoms with Gasteiger partial charge in [-0.2, -0.15) is 0 Å². The Balaban J connectivity index is 3.29. The Labute approximate surface area is 55.9 Å². The molecule has 2 nitrogen and oxygen atoms in total. The van der Waals surface area contributed by atoms with Gasteiger partial charge in [0.1, 0.15) is 6.29 Å². The summed E-state index contributed by atoms with van der Waals surface area (Å²) in [5, 5.41) is 8.44. The van der Waals surface area contributed by atoms with Gasteiger partial charge in [0.15, 0.2) is 0 Å². The quantitative estimate of drug-likeness (QED) is 0.563. The fourth-order valence-corrected chi connectivity index (χ4v) is 0.817. The number of hydrogen-bond acceptors (Lipinski definition) is 2. The highest BCUT2D eigenvalue weighted by Gasteiger charge is 2.02. The molecule has 54 valence electrons. The normalized spacial score (nSPS) is 13.1. The predicted molar refractivity (Wildman–Crippen MR) is 36.2 cm³/mol. The third-order valence-electron chi connectivity index (χ3n) is 1.35. The van der Waals surface area contributed by atoms with E-state index in [-0.39, 0.29) is 12.5 Å². The SMILES string of the molecule is CCCC(C=O)CCO. The Kier molecular flexibility index (Phi) is 5.52. The molecule has 0 rings (SSSR count). The number of hydrogen-bond donors (Lipinski definition) is 1. The summed E-state index contributed by atoms with van der Waals surface area (Å²) in [5.74, 6) is 0.0833. The van der Waals surface area contributed by atoms with Gasteiger partial charge in [-0.1, -0.05) is 13.3 Å². The molecule has 0 radical (unpaired) electrons. The first-order valence-corrected chi connectivity index (χ1v) is 3.41. The average molecular weight is 130 g/mol. The highest BCUT2D eigenvalue weighted by atomic mass is 16.3. The van der Waals surface area contributed by atoms with Crippen LogP contribution in [-0.2, 0) is 4.79 Å². The van der Waals surface area contributed by atoms with Crippen molar-refractivity contribution >= 4 is 6.29 Å². The fourth-order valence-electron chi connectivity index (χ4n) is 0.817. The lowest BCUT2D eigenvalue weighted by Crippen LogP contribution is -2.03. The van der Waals surface area contributed by atoms with Gasteiger partial charge in [-0.25, -0.2) is 0 Å². The summed E-state index contributed by atoms with van der Waals surface area (Å²) in [6.45, 7) is 2.16. The van der Waals surface area contributed by atoms with E-state index < -0.39 is 0 Å². The van der Waals surface area contributed by atoms with Crippen molar-refractivity contribution in [1.82, 2.24) is 0 Å². The Bertz CT molecular complexity index is 65.3. The number of aldehydes is 1. The van der Waals surface area contributed by atoms with Crippen molar-refractivity contribution in [1.29, 1.82) is 0 Å². The van der Waals surface area contributed by atoms with E-state index in [0.717, 1.165) is 19.1 Å². The molecule has 0 saturated carbocycles. The Morgan fingerprint density at radius 2 is 2.22 bits per heavy atom. The van der Waals surface area contributed by atoms with Crippen LogP contribution in [0.2, 0.25) is 0 Å². The minimum Gasteiger partial charge on any atom is -0.396 e. The van der Waals surface area contributed by atoms with Crippen molar-refractivity contribution in [2.24, 2.45) is 5.92 Å². The van der Waals surface area contributed by atoms with Crippen LogP contribution in [0.15, 0.2) is 0 Å². The molecule has 0 saturated heterocycles. The van der Waals surface area contributed by atoms with E-state index in [1.807, 2.05) is 6.92 Å². The van der Waals surface area contributed by atoms with Gasteiger partial charge in [-0.3, -0.25) is 0 Å². The smallest absolute Gasteiger partial charge is 0.123 e. The van der Waals surface area contributed by atoms with Gasteiger partial charge in [0.2, 0.25) is 0 Å². The molecule has 2 heteroatoms. The van der Waals surface area contributed by atoms with Crippen LogP contribution in [-0.4, -0.2) is 18.0 Å². The van der Waals surface area contributed by atoms with Crippen LogP contribution in [0, 0.1) is 5.92 Å². The molecule has 0 aliphatic rings. The first-order valence-electron chi connectivity index (χ1n) is 3.41. The molecule has 0 heterocycles. The number of carbonyl (C=O) groups is 1. The van der Waals surface area contributed by atoms with Crippen LogP contribution in [0.4, 0.5) is 0 Å². The second kappa shape index (κ2) is 5.76. The largest absolute Gasteiger partial charge is 0.396 e. The van der Waals surface area contributed by atoms with Crippen LogP contribution in [0.1, 0.15) is 26.2 Å². The summed E-state index contributed by atoms with van der Waals surface area (Å²) in [6.07, 6.45) is 3.48. The number of aliphatic hydroxyl groups is 1. The molecule has 0 spiro atoms. The molecular weight excluding hydrogens is 116 g/mol. The zero-order valence-corrected chi connectivity index (χ0v) is 5.84. The van der Waals surface area contributed by atoms with E-state index in [1.165, 1.54) is 0 Å². The summed E-state index contributed by atoms with van der Waals surface area (Å²) in [4.78, 5) is 10.2. The lowest BCUT2D eigenvalue weighted by molar-refractivity contribution is -0.111. The number of rotatable bonds is 5. The van der Waals surface area contributed by atoms with Crippen LogP contribution in [0.5, 0.6) is 0 Å². The van der Waals surface area contributed by atoms with E-state index in [0.29, 0.717) is 6.42 Å². The molecule has 0 aliphatic heterocycles. The fraction of sp³-hybridized carbons (Fsp3) is 0.857. The summed E-state index contributed by atoms with van der Waals surface area (Å²) in [7, 11) is 0. The zero-order valence-electron chi connectivity index (χ0n) is 5.84. The summed E-state index contributed by atoms with van der Waals surface area (Å²) in [5.41, 5.74) is 0. The van der Waals surface area contributed by atoms with E-state index in [2.05, 4.69) is 0 Å². The standard InChI is InChI=1S/C7H14O2/c1-2-3-7(6-9)4-5-8/h6-8H,2-5H2,1H3. The second-order valence-electron chi connectivity index (χ2n) is 2.20. The van der Waals surface area contributed by atoms with Crippen molar-refractivity contribution in [3.8, 4) is 0 Å². The first kappa shape index (κ1) is 8.63. The summed E-state index contributed by atoms with van der Waals surface area (Å²) in [6, 6.07) is 0. The Morgan fingerprint density at radius 3 is 2.56 bits per heavy atom. The maximum atomic E-state index is 10.2. The zero-order chi connectivity index (χ0) is 7.11. The Hall–Kier alpha value is -0.370. The molecule has 1 atom stereocenters. The number of carbonyl (C=O) groups excluding carboxylic acids is 1. The highest BCUT2D eigenvalue weighted by Crippen LogP contribution is 2.06. The van der Waals surface area contributed by atoms with Crippen molar-refractivity contribution in [2.45, 2.75) is 26.2 Å². The molecule has 0 aromatic rings. The van der Waals surface area contributed by atoms with Gasteiger partial charge in [-0.15, -0.1) is 0 Å². The van der Waals surface area contributed by atoms with E-state index in [9.17, 15) is 4.79 Å². The van der Waals surface area contributed by atoms with E-state index >= 15 is 0 Å². The molecule has 0 fully saturated rings. The van der Waals surface area contributed by atoms with Crippen LogP contribution >= 0.6 is 0 Å². The lowest BCUT2D eigenvalue weighted by atomic mass is 10.0. The minimum atomic E-state index is 0.0833. The molecule has 0 aromatic carbocycles. The highest BCUT2D eigenvalue weighted by molar-refractivity contribution is 5.53. The summed E-state index contributed by atoms with van der Waals surface area (Å²) < 4.78 is 0. The molecule has 0 amide bonds. The van der Waals surface area contributed by atoms with Crippen LogP contribution in [0.25, 0.3) is 0 Å². The molecule has 0 aromatic heterocycles. The summed E-state index contributed by atoms with van der Waals surface area (Å²) >= 11 is 0. The third kappa shape index (κ3) is 4.15. The van der Waals surface area contributed by atoms with Gasteiger partial charge < -0.3 is 9.90 Å². The van der Waals surface area contributed by atoms with Gasteiger partial charge in [0.25, 0.3) is 0 Å². The topological polar surface area (TPSA) is 37.3 Å². The van der Waals surface area contributed by atoms with Gasteiger partial charge in [0, 0.05) is 12.5 Å². The molecule has 0 aliphatic carbocycles. The van der Waals surface area contributed by atoms with Gasteiger partial charge >= 0.3 is 0 Å². The van der Waals surface area contributed by atoms with Gasteiger partial charge in [-0.05, 0) is 12.8 Å². The van der Waals surface area contributed by atoms with E-state index in [4.69, 9.17) is 5.11 Å². The van der Waals surface area contributed by atoms with Crippen molar-refractivity contribution in [3.63, 3.8) is 0 Å². The molecule has 0 bridgehead atoms. The van der Waals surface area contributed by atoms with Gasteiger partial charge in [0.05, 0.1) is 0 Å². The van der Waals surface area contributed by atoms with Crippen molar-refractivity contribution in [3.05, 3.63) is 0 Å². The van der Waals surface area contributed by atoms with Crippen LogP contribution < -0.4 is 0 Å². The number of aliphatic hydroxyl groups excluding tert-OH is 1. The molecule has 1 N–H and O–H groups in total. The van der Waals surface area contributed by atoms with Crippen molar-refractivity contribution in [2.75, 3.05) is 6.61 Å². The van der Waals surface area contributed by atoms with Crippen molar-refractivity contribution < 1.29 is 9.90 Å². The molecule has 9 heavy (non-hydrogen) atoms. The molecule has 1 unspecified atom stereocenters. The Morgan fingerprint density at radius 1 is 1.56 bits per heavy atom. The predicted octanol–water partition coefficient (Wildman–Crippen LogP) is 0.984. The second-order valence-corrected chi connectivity index (χ2v) is 2.20. The molecular formula is C7H14O2. The maximum absolute atomic E-state index is 10.2. The average Bonchev–Trinajstić information content (AvgIpc) is 1.88. The minimum absolute atomic E-state index is 0.0833. The van der Waals surface area contributed by atoms with Crippen LogP contribution in [0.3, 0.4) is 0 Å². The van der Waals surface area contributed by atoms with E-state index in [1.54, 1.807) is 0 Å². The maximum Gasteiger partial charge on any atom is 0.123 e. The third-order valence-corrected chi connectivity index (χ3v) is 1.35. The monoisotopic (exact) mass is 130 g/mol. The first-order chi connectivity index (χ1) is 4.35. The lowest BCUT2D eigenvalue weighted by Gasteiger charge is -2.03.